The molecule has 6 aromatic heterocycles. The molecule has 6 heterocycles. The van der Waals surface area contributed by atoms with E-state index in [-0.39, 0.29) is 5.41 Å². The molecule has 28 rings (SSSR count). The van der Waals surface area contributed by atoms with Crippen LogP contribution in [0.2, 0.25) is 0 Å². The van der Waals surface area contributed by atoms with Crippen LogP contribution in [-0.4, -0.2) is 44.9 Å². The summed E-state index contributed by atoms with van der Waals surface area (Å²) in [7, 11) is 0. The monoisotopic (exact) mass is 1880 g/mol. The molecule has 0 amide bonds. The van der Waals surface area contributed by atoms with Gasteiger partial charge in [0.2, 0.25) is 0 Å². The summed E-state index contributed by atoms with van der Waals surface area (Å²) < 4.78 is 11.6. The van der Waals surface area contributed by atoms with Gasteiger partial charge in [-0.3, -0.25) is 0 Å². The Morgan fingerprint density at radius 2 is 0.479 bits per heavy atom. The van der Waals surface area contributed by atoms with Crippen LogP contribution >= 0.6 is 22.7 Å². The highest BCUT2D eigenvalue weighted by atomic mass is 32.1. The molecule has 144 heavy (non-hydrogen) atoms. The smallest absolute Gasteiger partial charge is 0.164 e. The van der Waals surface area contributed by atoms with Crippen LogP contribution in [0.4, 0.5) is 0 Å². The standard InChI is InChI=1S/C46H31N3S.C43H27N3O.C43H27N3S/c1-46(2)39-17-8-6-15-35(39)36-22-21-33(26-40(36)46)45-48-43(28-11-4-3-5-12-28)47-44(49-45)32-14-10-13-29(23-32)30-19-20-31-27-42-38(25-34(31)24-30)37-16-7-9-18-41(37)50-42;1-3-11-28(12-4-1)29-21-23-31(24-22-29)42-44-41(30-13-5-2-6-14-30)45-43(46-42)34-17-9-15-32(25-34)35-19-10-16-33-26-38-36-18-7-8-20-39(36)47-40(38)27-37(33)35;1-3-12-28(13-4-1)41-44-42(29-14-5-2-6-15-29)46-43(45-41)34-20-10-17-31(25-34)30-16-9-18-32(24-30)35-22-11-19-33-26-40-38(27-37(33)35)36-21-7-8-23-39(36)47-40/h3-27H,1-2H3;2*1-27H. The number of hydrogen-bond acceptors (Lipinski definition) is 12. The van der Waals surface area contributed by atoms with E-state index < -0.39 is 0 Å². The lowest BCUT2D eigenvalue weighted by molar-refractivity contribution is 0.660. The maximum absolute atomic E-state index is 6.26. The number of hydrogen-bond donors (Lipinski definition) is 0. The molecule has 0 radical (unpaired) electrons. The minimum absolute atomic E-state index is 0.115. The van der Waals surface area contributed by atoms with Crippen LogP contribution < -0.4 is 0 Å². The Bertz CT molecular complexity index is 9630. The Balaban J connectivity index is 0.000000110. The number of fused-ring (bicyclic) bond motifs is 15. The van der Waals surface area contributed by atoms with Crippen LogP contribution in [0.3, 0.4) is 0 Å². The van der Waals surface area contributed by atoms with Gasteiger partial charge in [-0.2, -0.15) is 0 Å². The van der Waals surface area contributed by atoms with Crippen molar-refractivity contribution < 1.29 is 4.42 Å². The molecule has 0 unspecified atom stereocenters. The van der Waals surface area contributed by atoms with Gasteiger partial charge in [0.25, 0.3) is 0 Å². The summed E-state index contributed by atoms with van der Waals surface area (Å²) >= 11 is 3.72. The van der Waals surface area contributed by atoms with E-state index >= 15 is 0 Å². The predicted octanol–water partition coefficient (Wildman–Crippen LogP) is 35.4. The summed E-state index contributed by atoms with van der Waals surface area (Å²) in [6.45, 7) is 4.61. The zero-order chi connectivity index (χ0) is 95.7. The lowest BCUT2D eigenvalue weighted by Gasteiger charge is -2.21. The fraction of sp³-hybridized carbons (Fsp3) is 0.0227. The lowest BCUT2D eigenvalue weighted by atomic mass is 9.82. The fourth-order valence-corrected chi connectivity index (χ4v) is 22.7. The third-order valence-corrected chi connectivity index (χ3v) is 30.0. The lowest BCUT2D eigenvalue weighted by Crippen LogP contribution is -2.15. The molecular formula is C132H85N9OS2. The number of aromatic nitrogens is 9. The molecule has 0 spiro atoms. The second-order valence-electron chi connectivity index (χ2n) is 37.0. The predicted molar refractivity (Wildman–Crippen MR) is 599 cm³/mol. The molecule has 0 aliphatic heterocycles. The Hall–Kier alpha value is -18.3. The van der Waals surface area contributed by atoms with Gasteiger partial charge in [-0.25, -0.2) is 44.9 Å². The Kier molecular flexibility index (Phi) is 21.8. The minimum Gasteiger partial charge on any atom is -0.456 e. The van der Waals surface area contributed by atoms with Gasteiger partial charge < -0.3 is 4.42 Å². The normalized spacial score (nSPS) is 12.0. The van der Waals surface area contributed by atoms with Crippen molar-refractivity contribution in [3.63, 3.8) is 0 Å². The second-order valence-corrected chi connectivity index (χ2v) is 39.2. The van der Waals surface area contributed by atoms with Crippen molar-refractivity contribution in [1.29, 1.82) is 0 Å². The molecule has 1 aliphatic carbocycles. The van der Waals surface area contributed by atoms with Crippen LogP contribution in [0.5, 0.6) is 0 Å². The van der Waals surface area contributed by atoms with Crippen molar-refractivity contribution in [3.8, 4) is 169 Å². The number of thiophene rings is 2. The van der Waals surface area contributed by atoms with Crippen molar-refractivity contribution >= 4 is 117 Å². The molecule has 12 heteroatoms. The first-order valence-electron chi connectivity index (χ1n) is 48.4. The molecule has 0 fully saturated rings. The molecule has 676 valence electrons. The molecule has 0 saturated heterocycles. The van der Waals surface area contributed by atoms with Gasteiger partial charge in [-0.15, -0.1) is 22.7 Å². The zero-order valence-electron chi connectivity index (χ0n) is 78.4. The quantitative estimate of drug-likeness (QED) is 0.104. The maximum Gasteiger partial charge on any atom is 0.164 e. The van der Waals surface area contributed by atoms with Crippen LogP contribution in [0, 0.1) is 0 Å². The Morgan fingerprint density at radius 3 is 0.993 bits per heavy atom. The van der Waals surface area contributed by atoms with Crippen molar-refractivity contribution in [3.05, 3.63) is 490 Å². The Morgan fingerprint density at radius 1 is 0.160 bits per heavy atom. The maximum atomic E-state index is 6.26. The van der Waals surface area contributed by atoms with E-state index in [1.165, 1.54) is 106 Å². The summed E-state index contributed by atoms with van der Waals surface area (Å²) in [5.74, 6) is 5.86. The van der Waals surface area contributed by atoms with Crippen molar-refractivity contribution in [2.75, 3.05) is 0 Å². The van der Waals surface area contributed by atoms with E-state index in [9.17, 15) is 0 Å². The van der Waals surface area contributed by atoms with Gasteiger partial charge in [0.1, 0.15) is 11.2 Å². The van der Waals surface area contributed by atoms with Crippen molar-refractivity contribution in [1.82, 2.24) is 44.9 Å². The molecule has 10 nitrogen and oxygen atoms in total. The minimum atomic E-state index is -0.115. The van der Waals surface area contributed by atoms with E-state index in [1.54, 1.807) is 0 Å². The summed E-state index contributed by atoms with van der Waals surface area (Å²) in [6.07, 6.45) is 0. The first kappa shape index (κ1) is 86.0. The number of para-hydroxylation sites is 1. The topological polar surface area (TPSA) is 129 Å². The van der Waals surface area contributed by atoms with E-state index in [1.807, 2.05) is 150 Å². The first-order chi connectivity index (χ1) is 71.0. The van der Waals surface area contributed by atoms with E-state index in [0.29, 0.717) is 52.4 Å². The van der Waals surface area contributed by atoms with Crippen molar-refractivity contribution in [2.24, 2.45) is 0 Å². The van der Waals surface area contributed by atoms with Gasteiger partial charge in [0.05, 0.1) is 0 Å². The molecule has 0 bridgehead atoms. The molecule has 0 saturated carbocycles. The second kappa shape index (κ2) is 36.5. The average molecular weight is 1880 g/mol. The van der Waals surface area contributed by atoms with E-state index in [2.05, 4.69) is 366 Å². The number of rotatable bonds is 14. The van der Waals surface area contributed by atoms with Crippen LogP contribution in [0.15, 0.2) is 484 Å². The summed E-state index contributed by atoms with van der Waals surface area (Å²) in [4.78, 5) is 45.0. The Labute approximate surface area is 839 Å². The third kappa shape index (κ3) is 16.3. The number of nitrogens with zero attached hydrogens (tertiary/aromatic N) is 9. The number of furan rings is 1. The molecule has 27 aromatic rings. The van der Waals surface area contributed by atoms with Crippen molar-refractivity contribution in [2.45, 2.75) is 19.3 Å². The largest absolute Gasteiger partial charge is 0.456 e. The van der Waals surface area contributed by atoms with Gasteiger partial charge in [-0.05, 0) is 201 Å². The SMILES string of the molecule is CC1(C)c2ccccc2-c2ccc(-c3nc(-c4ccccc4)nc(-c4cccc(-c5ccc6cc7sc8ccccc8c7cc6c5)c4)n3)cc21.c1ccc(-c2ccc(-c3nc(-c4ccccc4)nc(-c4cccc(-c5cccc6cc7c(cc56)oc5ccccc57)c4)n3)cc2)cc1.c1ccc(-c2nc(-c3ccccc3)nc(-c3cccc(-c4cccc(-c5cccc6cc7sc8ccccc8c7cc56)c4)c3)n2)cc1. The zero-order valence-corrected chi connectivity index (χ0v) is 80.0. The summed E-state index contributed by atoms with van der Waals surface area (Å²) in [5, 5.41) is 14.8. The highest BCUT2D eigenvalue weighted by molar-refractivity contribution is 7.26. The fourth-order valence-electron chi connectivity index (χ4n) is 20.4. The highest BCUT2D eigenvalue weighted by Crippen LogP contribution is 2.51. The van der Waals surface area contributed by atoms with Crippen LogP contribution in [-0.2, 0) is 5.41 Å². The number of benzene rings is 21. The highest BCUT2D eigenvalue weighted by Gasteiger charge is 2.36. The molecule has 0 atom stereocenters. The summed E-state index contributed by atoms with van der Waals surface area (Å²) in [5.41, 5.74) is 27.0. The van der Waals surface area contributed by atoms with Gasteiger partial charge in [0.15, 0.2) is 52.4 Å². The van der Waals surface area contributed by atoms with E-state index in [0.717, 1.165) is 116 Å². The van der Waals surface area contributed by atoms with Gasteiger partial charge in [-0.1, -0.05) is 402 Å². The molecule has 0 N–H and O–H groups in total. The first-order valence-corrected chi connectivity index (χ1v) is 50.0. The van der Waals surface area contributed by atoms with Gasteiger partial charge in [0, 0.05) is 107 Å². The molecular weight excluding hydrogens is 1790 g/mol. The van der Waals surface area contributed by atoms with Crippen LogP contribution in [0.25, 0.3) is 264 Å². The molecule has 21 aromatic carbocycles. The molecule has 1 aliphatic rings. The third-order valence-electron chi connectivity index (χ3n) is 27.7. The van der Waals surface area contributed by atoms with Gasteiger partial charge >= 0.3 is 0 Å². The van der Waals surface area contributed by atoms with E-state index in [4.69, 9.17) is 49.3 Å². The summed E-state index contributed by atoms with van der Waals surface area (Å²) in [6, 6.07) is 168. The van der Waals surface area contributed by atoms with Crippen LogP contribution in [0.1, 0.15) is 25.0 Å². The average Bonchev–Trinajstić information content (AvgIpc) is 1.57.